The molecular formula is C25H36FNOS. The number of methoxy groups -OCH3 is 1. The molecule has 29 heavy (non-hydrogen) atoms. The van der Waals surface area contributed by atoms with Crippen molar-refractivity contribution < 1.29 is 9.13 Å². The van der Waals surface area contributed by atoms with Crippen molar-refractivity contribution in [3.8, 4) is 5.75 Å². The molecule has 0 spiro atoms. The third-order valence-corrected chi connectivity index (χ3v) is 7.55. The van der Waals surface area contributed by atoms with Crippen molar-refractivity contribution in [1.29, 1.82) is 0 Å². The number of hydrogen-bond donors (Lipinski definition) is 0. The molecule has 0 amide bonds. The standard InChI is InChI=1S/C25H36FNOS/c1-3-4-5-6-18-7-9-19(10-8-18)20-11-13-21(14-12-20)22-15-16-23(27-17-29)24(26)25(22)28-2/h15-16,18-21H,3-14H2,1-2H3/t18-,19-,20-,21-. The van der Waals surface area contributed by atoms with E-state index >= 15 is 0 Å². The van der Waals surface area contributed by atoms with E-state index in [2.05, 4.69) is 29.3 Å². The fraction of sp³-hybridized carbons (Fsp3) is 0.720. The van der Waals surface area contributed by atoms with Gasteiger partial charge in [0.1, 0.15) is 5.69 Å². The Bertz CT molecular complexity index is 699. The molecule has 0 aromatic heterocycles. The van der Waals surface area contributed by atoms with E-state index in [0.717, 1.165) is 36.2 Å². The van der Waals surface area contributed by atoms with Gasteiger partial charge < -0.3 is 4.74 Å². The van der Waals surface area contributed by atoms with Gasteiger partial charge in [0.2, 0.25) is 0 Å². The predicted octanol–water partition coefficient (Wildman–Crippen LogP) is 8.23. The Morgan fingerprint density at radius 2 is 1.69 bits per heavy atom. The molecule has 0 bridgehead atoms. The molecule has 1 aromatic carbocycles. The van der Waals surface area contributed by atoms with Crippen LogP contribution in [-0.2, 0) is 0 Å². The Hall–Kier alpha value is -1.25. The number of isothiocyanates is 1. The van der Waals surface area contributed by atoms with Crippen LogP contribution in [0.2, 0.25) is 0 Å². The number of aliphatic imine (C=N–C) groups is 1. The first-order valence-corrected chi connectivity index (χ1v) is 12.0. The average molecular weight is 418 g/mol. The van der Waals surface area contributed by atoms with Crippen LogP contribution in [0.4, 0.5) is 10.1 Å². The van der Waals surface area contributed by atoms with Gasteiger partial charge in [-0.15, -0.1) is 0 Å². The average Bonchev–Trinajstić information content (AvgIpc) is 2.76. The van der Waals surface area contributed by atoms with Crippen molar-refractivity contribution in [3.63, 3.8) is 0 Å². The van der Waals surface area contributed by atoms with Gasteiger partial charge in [0, 0.05) is 5.56 Å². The van der Waals surface area contributed by atoms with E-state index < -0.39 is 5.82 Å². The summed E-state index contributed by atoms with van der Waals surface area (Å²) in [5, 5.41) is 2.25. The Morgan fingerprint density at radius 3 is 2.28 bits per heavy atom. The Balaban J connectivity index is 1.54. The lowest BCUT2D eigenvalue weighted by Gasteiger charge is -2.38. The molecule has 0 heterocycles. The summed E-state index contributed by atoms with van der Waals surface area (Å²) in [5.74, 6) is 3.06. The fourth-order valence-corrected chi connectivity index (χ4v) is 5.86. The molecule has 4 heteroatoms. The molecule has 2 fully saturated rings. The number of nitrogens with zero attached hydrogens (tertiary/aromatic N) is 1. The van der Waals surface area contributed by atoms with E-state index in [1.54, 1.807) is 6.07 Å². The van der Waals surface area contributed by atoms with Gasteiger partial charge in [0.05, 0.1) is 12.3 Å². The van der Waals surface area contributed by atoms with Crippen LogP contribution < -0.4 is 4.74 Å². The maximum absolute atomic E-state index is 14.7. The van der Waals surface area contributed by atoms with Crippen molar-refractivity contribution in [2.24, 2.45) is 22.7 Å². The maximum Gasteiger partial charge on any atom is 0.191 e. The maximum atomic E-state index is 14.7. The largest absolute Gasteiger partial charge is 0.493 e. The van der Waals surface area contributed by atoms with Gasteiger partial charge in [0.15, 0.2) is 11.6 Å². The molecule has 160 valence electrons. The van der Waals surface area contributed by atoms with Gasteiger partial charge >= 0.3 is 0 Å². The predicted molar refractivity (Wildman–Crippen MR) is 122 cm³/mol. The highest BCUT2D eigenvalue weighted by Gasteiger charge is 2.32. The summed E-state index contributed by atoms with van der Waals surface area (Å²) in [7, 11) is 1.54. The number of halogens is 1. The van der Waals surface area contributed by atoms with Gasteiger partial charge in [0.25, 0.3) is 0 Å². The van der Waals surface area contributed by atoms with Crippen molar-refractivity contribution in [2.75, 3.05) is 7.11 Å². The normalized spacial score (nSPS) is 27.3. The van der Waals surface area contributed by atoms with Crippen LogP contribution in [0.3, 0.4) is 0 Å². The minimum absolute atomic E-state index is 0.213. The quantitative estimate of drug-likeness (QED) is 0.241. The zero-order valence-electron chi connectivity index (χ0n) is 18.1. The van der Waals surface area contributed by atoms with Gasteiger partial charge in [-0.05, 0) is 80.5 Å². The van der Waals surface area contributed by atoms with Crippen molar-refractivity contribution in [2.45, 2.75) is 89.9 Å². The highest BCUT2D eigenvalue weighted by molar-refractivity contribution is 7.78. The van der Waals surface area contributed by atoms with E-state index in [0.29, 0.717) is 11.7 Å². The highest BCUT2D eigenvalue weighted by atomic mass is 32.1. The Kier molecular flexibility index (Phi) is 8.68. The van der Waals surface area contributed by atoms with Gasteiger partial charge in [-0.2, -0.15) is 4.99 Å². The van der Waals surface area contributed by atoms with Crippen molar-refractivity contribution in [1.82, 2.24) is 0 Å². The lowest BCUT2D eigenvalue weighted by atomic mass is 9.68. The zero-order chi connectivity index (χ0) is 20.6. The fourth-order valence-electron chi connectivity index (χ4n) is 5.76. The van der Waals surface area contributed by atoms with Gasteiger partial charge in [-0.1, -0.05) is 51.5 Å². The van der Waals surface area contributed by atoms with Crippen LogP contribution in [0.1, 0.15) is 95.5 Å². The summed E-state index contributed by atoms with van der Waals surface area (Å²) < 4.78 is 20.1. The lowest BCUT2D eigenvalue weighted by Crippen LogP contribution is -2.25. The van der Waals surface area contributed by atoms with Gasteiger partial charge in [-0.3, -0.25) is 0 Å². The van der Waals surface area contributed by atoms with Crippen LogP contribution in [0.25, 0.3) is 0 Å². The summed E-state index contributed by atoms with van der Waals surface area (Å²) in [4.78, 5) is 3.81. The Morgan fingerprint density at radius 1 is 1.03 bits per heavy atom. The zero-order valence-corrected chi connectivity index (χ0v) is 18.9. The molecule has 0 N–H and O–H groups in total. The van der Waals surface area contributed by atoms with E-state index in [1.165, 1.54) is 71.3 Å². The van der Waals surface area contributed by atoms with E-state index in [4.69, 9.17) is 4.74 Å². The molecule has 0 aliphatic heterocycles. The SMILES string of the molecule is CCCCC[C@H]1CC[C@H]([C@H]2CC[C@H](c3ccc(N=C=S)c(F)c3OC)CC2)CC1. The number of rotatable bonds is 8. The number of hydrogen-bond acceptors (Lipinski definition) is 3. The lowest BCUT2D eigenvalue weighted by molar-refractivity contribution is 0.155. The third kappa shape index (κ3) is 5.67. The first-order valence-electron chi connectivity index (χ1n) is 11.6. The molecular weight excluding hydrogens is 381 g/mol. The number of ether oxygens (including phenoxy) is 1. The van der Waals surface area contributed by atoms with Crippen LogP contribution in [-0.4, -0.2) is 12.3 Å². The minimum atomic E-state index is -0.411. The number of unbranched alkanes of at least 4 members (excludes halogenated alkanes) is 2. The Labute approximate surface area is 181 Å². The summed E-state index contributed by atoms with van der Waals surface area (Å²) in [5.41, 5.74) is 1.20. The number of benzene rings is 1. The van der Waals surface area contributed by atoms with Crippen molar-refractivity contribution in [3.05, 3.63) is 23.5 Å². The molecule has 0 unspecified atom stereocenters. The second-order valence-electron chi connectivity index (χ2n) is 9.11. The molecule has 2 saturated carbocycles. The third-order valence-electron chi connectivity index (χ3n) is 7.46. The molecule has 2 aliphatic carbocycles. The summed E-state index contributed by atoms with van der Waals surface area (Å²) >= 11 is 4.62. The molecule has 2 nitrogen and oxygen atoms in total. The molecule has 2 aliphatic rings. The molecule has 0 radical (unpaired) electrons. The van der Waals surface area contributed by atoms with Crippen LogP contribution in [0.15, 0.2) is 17.1 Å². The first kappa shape index (κ1) is 22.4. The van der Waals surface area contributed by atoms with Gasteiger partial charge in [-0.25, -0.2) is 4.39 Å². The van der Waals surface area contributed by atoms with Crippen LogP contribution >= 0.6 is 12.2 Å². The number of thiocarbonyl (C=S) groups is 1. The summed E-state index contributed by atoms with van der Waals surface area (Å²) in [6.45, 7) is 2.29. The monoisotopic (exact) mass is 417 g/mol. The van der Waals surface area contributed by atoms with Crippen molar-refractivity contribution >= 4 is 23.1 Å². The second-order valence-corrected chi connectivity index (χ2v) is 9.30. The first-order chi connectivity index (χ1) is 14.2. The smallest absolute Gasteiger partial charge is 0.191 e. The van der Waals surface area contributed by atoms with E-state index in [9.17, 15) is 4.39 Å². The van der Waals surface area contributed by atoms with E-state index in [1.807, 2.05) is 6.07 Å². The summed E-state index contributed by atoms with van der Waals surface area (Å²) in [6, 6.07) is 3.68. The molecule has 3 rings (SSSR count). The summed E-state index contributed by atoms with van der Waals surface area (Å²) in [6.07, 6.45) is 16.1. The topological polar surface area (TPSA) is 21.6 Å². The van der Waals surface area contributed by atoms with Crippen LogP contribution in [0, 0.1) is 23.6 Å². The molecule has 1 aromatic rings. The molecule has 0 saturated heterocycles. The molecule has 0 atom stereocenters. The minimum Gasteiger partial charge on any atom is -0.493 e. The second kappa shape index (κ2) is 11.2. The van der Waals surface area contributed by atoms with E-state index in [-0.39, 0.29) is 5.69 Å². The van der Waals surface area contributed by atoms with Crippen LogP contribution in [0.5, 0.6) is 5.75 Å². The highest BCUT2D eigenvalue weighted by Crippen LogP contribution is 2.47.